The van der Waals surface area contributed by atoms with E-state index in [9.17, 15) is 4.79 Å². The quantitative estimate of drug-likeness (QED) is 0.594. The third-order valence-electron chi connectivity index (χ3n) is 1.86. The second-order valence-electron chi connectivity index (χ2n) is 3.12. The van der Waals surface area contributed by atoms with E-state index in [-0.39, 0.29) is 5.12 Å². The van der Waals surface area contributed by atoms with Gasteiger partial charge in [0.2, 0.25) is 0 Å². The molecular weight excluding hydrogens is 220 g/mol. The van der Waals surface area contributed by atoms with Gasteiger partial charge in [0.05, 0.1) is 7.11 Å². The van der Waals surface area contributed by atoms with E-state index in [1.807, 2.05) is 24.3 Å². The van der Waals surface area contributed by atoms with Crippen LogP contribution in [0.3, 0.4) is 0 Å². The molecule has 1 aromatic rings. The Morgan fingerprint density at radius 3 is 2.62 bits per heavy atom. The summed E-state index contributed by atoms with van der Waals surface area (Å²) in [6, 6.07) is 7.61. The highest BCUT2D eigenvalue weighted by atomic mass is 32.2. The third-order valence-corrected chi connectivity index (χ3v) is 2.67. The predicted molar refractivity (Wildman–Crippen MR) is 67.6 cm³/mol. The Bertz CT molecular complexity index is 398. The van der Waals surface area contributed by atoms with Gasteiger partial charge < -0.3 is 4.74 Å². The van der Waals surface area contributed by atoms with Gasteiger partial charge in [0.25, 0.3) is 0 Å². The van der Waals surface area contributed by atoms with E-state index in [0.717, 1.165) is 23.5 Å². The molecule has 0 amide bonds. The molecule has 0 radical (unpaired) electrons. The number of rotatable bonds is 3. The molecule has 0 saturated heterocycles. The predicted octanol–water partition coefficient (Wildman–Crippen LogP) is 2.72. The zero-order valence-electron chi connectivity index (χ0n) is 9.45. The molecular formula is C13H14O2S. The number of benzene rings is 1. The Morgan fingerprint density at radius 2 is 2.06 bits per heavy atom. The van der Waals surface area contributed by atoms with Gasteiger partial charge in [-0.1, -0.05) is 23.6 Å². The van der Waals surface area contributed by atoms with Gasteiger partial charge in [-0.15, -0.1) is 0 Å². The molecule has 0 spiro atoms. The molecule has 16 heavy (non-hydrogen) atoms. The molecule has 1 rings (SSSR count). The molecule has 0 bridgehead atoms. The molecule has 3 heteroatoms. The molecule has 0 aliphatic heterocycles. The van der Waals surface area contributed by atoms with Gasteiger partial charge in [-0.05, 0) is 24.3 Å². The topological polar surface area (TPSA) is 26.3 Å². The molecule has 0 N–H and O–H groups in total. The Labute approximate surface area is 100 Å². The molecule has 0 aliphatic carbocycles. The van der Waals surface area contributed by atoms with Crippen LogP contribution in [0.2, 0.25) is 0 Å². The molecule has 2 nitrogen and oxygen atoms in total. The average Bonchev–Trinajstić information content (AvgIpc) is 2.29. The van der Waals surface area contributed by atoms with Crippen LogP contribution < -0.4 is 4.74 Å². The highest BCUT2D eigenvalue weighted by molar-refractivity contribution is 8.13. The van der Waals surface area contributed by atoms with E-state index in [0.29, 0.717) is 0 Å². The molecule has 0 fully saturated rings. The van der Waals surface area contributed by atoms with E-state index in [2.05, 4.69) is 11.8 Å². The Kier molecular flexibility index (Phi) is 5.52. The number of carbonyl (C=O) groups is 1. The molecule has 1 aromatic carbocycles. The summed E-state index contributed by atoms with van der Waals surface area (Å²) in [5, 5.41) is 0.145. The van der Waals surface area contributed by atoms with Crippen molar-refractivity contribution in [3.05, 3.63) is 29.8 Å². The van der Waals surface area contributed by atoms with Gasteiger partial charge >= 0.3 is 0 Å². The van der Waals surface area contributed by atoms with E-state index in [4.69, 9.17) is 4.74 Å². The fourth-order valence-corrected chi connectivity index (χ4v) is 1.58. The standard InChI is InChI=1S/C13H14O2S/c1-11(14)16-10-4-3-5-12-6-8-13(15-2)9-7-12/h6-9H,4,10H2,1-2H3. The lowest BCUT2D eigenvalue weighted by molar-refractivity contribution is -0.109. The monoisotopic (exact) mass is 234 g/mol. The highest BCUT2D eigenvalue weighted by Crippen LogP contribution is 2.10. The largest absolute Gasteiger partial charge is 0.497 e. The summed E-state index contributed by atoms with van der Waals surface area (Å²) >= 11 is 1.31. The first-order valence-electron chi connectivity index (χ1n) is 4.98. The minimum absolute atomic E-state index is 0.145. The number of methoxy groups -OCH3 is 1. The Balaban J connectivity index is 2.41. The third kappa shape index (κ3) is 4.90. The van der Waals surface area contributed by atoms with Crippen molar-refractivity contribution in [1.29, 1.82) is 0 Å². The molecule has 0 unspecified atom stereocenters. The van der Waals surface area contributed by atoms with Crippen molar-refractivity contribution in [3.63, 3.8) is 0 Å². The van der Waals surface area contributed by atoms with Crippen molar-refractivity contribution in [2.75, 3.05) is 12.9 Å². The second-order valence-corrected chi connectivity index (χ2v) is 4.39. The van der Waals surface area contributed by atoms with Crippen LogP contribution in [0.5, 0.6) is 5.75 Å². The minimum Gasteiger partial charge on any atom is -0.497 e. The minimum atomic E-state index is 0.145. The van der Waals surface area contributed by atoms with E-state index >= 15 is 0 Å². The lowest BCUT2D eigenvalue weighted by Gasteiger charge is -1.97. The van der Waals surface area contributed by atoms with Crippen LogP contribution in [-0.2, 0) is 4.79 Å². The van der Waals surface area contributed by atoms with E-state index < -0.39 is 0 Å². The lowest BCUT2D eigenvalue weighted by Crippen LogP contribution is -1.84. The van der Waals surface area contributed by atoms with Crippen LogP contribution in [0, 0.1) is 11.8 Å². The summed E-state index contributed by atoms with van der Waals surface area (Å²) in [7, 11) is 1.64. The van der Waals surface area contributed by atoms with Crippen LogP contribution in [0.15, 0.2) is 24.3 Å². The zero-order chi connectivity index (χ0) is 11.8. The van der Waals surface area contributed by atoms with Gasteiger partial charge in [-0.25, -0.2) is 0 Å². The summed E-state index contributed by atoms with van der Waals surface area (Å²) in [4.78, 5) is 10.6. The summed E-state index contributed by atoms with van der Waals surface area (Å²) in [5.74, 6) is 7.66. The first kappa shape index (κ1) is 12.7. The van der Waals surface area contributed by atoms with Crippen LogP contribution in [0.4, 0.5) is 0 Å². The molecule has 0 saturated carbocycles. The number of hydrogen-bond donors (Lipinski definition) is 0. The van der Waals surface area contributed by atoms with Crippen molar-refractivity contribution in [1.82, 2.24) is 0 Å². The second kappa shape index (κ2) is 6.97. The zero-order valence-corrected chi connectivity index (χ0v) is 10.3. The van der Waals surface area contributed by atoms with E-state index in [1.165, 1.54) is 11.8 Å². The van der Waals surface area contributed by atoms with Gasteiger partial charge in [0.15, 0.2) is 5.12 Å². The fourth-order valence-electron chi connectivity index (χ4n) is 1.08. The van der Waals surface area contributed by atoms with Gasteiger partial charge in [0, 0.05) is 24.7 Å². The first-order valence-corrected chi connectivity index (χ1v) is 5.97. The smallest absolute Gasteiger partial charge is 0.185 e. The number of ether oxygens (including phenoxy) is 1. The highest BCUT2D eigenvalue weighted by Gasteiger charge is 1.91. The molecule has 0 aliphatic rings. The van der Waals surface area contributed by atoms with Crippen molar-refractivity contribution < 1.29 is 9.53 Å². The van der Waals surface area contributed by atoms with Crippen molar-refractivity contribution in [2.45, 2.75) is 13.3 Å². The molecule has 0 aromatic heterocycles. The number of carbonyl (C=O) groups excluding carboxylic acids is 1. The maximum atomic E-state index is 10.6. The maximum absolute atomic E-state index is 10.6. The summed E-state index contributed by atoms with van der Waals surface area (Å²) in [6.45, 7) is 1.57. The lowest BCUT2D eigenvalue weighted by atomic mass is 10.2. The summed E-state index contributed by atoms with van der Waals surface area (Å²) in [6.07, 6.45) is 0.732. The first-order chi connectivity index (χ1) is 7.72. The van der Waals surface area contributed by atoms with Crippen molar-refractivity contribution in [2.24, 2.45) is 0 Å². The maximum Gasteiger partial charge on any atom is 0.185 e. The van der Waals surface area contributed by atoms with Crippen LogP contribution in [-0.4, -0.2) is 18.0 Å². The molecule has 0 heterocycles. The normalized spacial score (nSPS) is 9.12. The van der Waals surface area contributed by atoms with Crippen LogP contribution >= 0.6 is 11.8 Å². The van der Waals surface area contributed by atoms with Gasteiger partial charge in [-0.3, -0.25) is 4.79 Å². The van der Waals surface area contributed by atoms with Crippen molar-refractivity contribution in [3.8, 4) is 17.6 Å². The number of thioether (sulfide) groups is 1. The Hall–Kier alpha value is -1.40. The summed E-state index contributed by atoms with van der Waals surface area (Å²) in [5.41, 5.74) is 0.966. The van der Waals surface area contributed by atoms with Gasteiger partial charge in [-0.2, -0.15) is 0 Å². The molecule has 84 valence electrons. The van der Waals surface area contributed by atoms with Crippen LogP contribution in [0.25, 0.3) is 0 Å². The number of hydrogen-bond acceptors (Lipinski definition) is 3. The Morgan fingerprint density at radius 1 is 1.38 bits per heavy atom. The summed E-state index contributed by atoms with van der Waals surface area (Å²) < 4.78 is 5.05. The van der Waals surface area contributed by atoms with Gasteiger partial charge in [0.1, 0.15) is 5.75 Å². The fraction of sp³-hybridized carbons (Fsp3) is 0.308. The van der Waals surface area contributed by atoms with Crippen molar-refractivity contribution >= 4 is 16.9 Å². The SMILES string of the molecule is COc1ccc(C#CCCSC(C)=O)cc1. The average molecular weight is 234 g/mol. The molecule has 0 atom stereocenters. The van der Waals surface area contributed by atoms with E-state index in [1.54, 1.807) is 14.0 Å². The van der Waals surface area contributed by atoms with Crippen LogP contribution in [0.1, 0.15) is 18.9 Å².